The summed E-state index contributed by atoms with van der Waals surface area (Å²) in [6, 6.07) is 5.15. The number of halogens is 3. The number of ether oxygens (including phenoxy) is 2. The van der Waals surface area contributed by atoms with Gasteiger partial charge in [0.05, 0.1) is 15.6 Å². The van der Waals surface area contributed by atoms with Gasteiger partial charge in [-0.15, -0.1) is 0 Å². The molecule has 0 saturated carbocycles. The molecule has 5 nitrogen and oxygen atoms in total. The molecule has 1 aromatic heterocycles. The molecule has 0 amide bonds. The second-order valence-corrected chi connectivity index (χ2v) is 7.04. The lowest BCUT2D eigenvalue weighted by molar-refractivity contribution is 0.257. The van der Waals surface area contributed by atoms with Crippen molar-refractivity contribution in [3.8, 4) is 11.6 Å². The van der Waals surface area contributed by atoms with Crippen LogP contribution in [0.1, 0.15) is 11.1 Å². The molecule has 8 heteroatoms. The number of pyridine rings is 1. The third-order valence-corrected chi connectivity index (χ3v) is 4.87. The van der Waals surface area contributed by atoms with Gasteiger partial charge in [-0.25, -0.2) is 14.4 Å². The molecule has 112 valence electrons. The molecule has 22 heavy (non-hydrogen) atoms. The minimum Gasteiger partial charge on any atom is -0.462 e. The smallest absolute Gasteiger partial charge is 0.283 e. The van der Waals surface area contributed by atoms with E-state index in [1.807, 2.05) is 6.07 Å². The van der Waals surface area contributed by atoms with Crippen LogP contribution in [0.25, 0.3) is 0 Å². The quantitative estimate of drug-likeness (QED) is 0.593. The van der Waals surface area contributed by atoms with E-state index >= 15 is 0 Å². The van der Waals surface area contributed by atoms with Crippen LogP contribution in [-0.4, -0.2) is 17.6 Å². The molecule has 2 aliphatic rings. The first-order valence-electron chi connectivity index (χ1n) is 6.32. The van der Waals surface area contributed by atoms with Gasteiger partial charge >= 0.3 is 0 Å². The van der Waals surface area contributed by atoms with Crippen molar-refractivity contribution >= 4 is 44.5 Å². The van der Waals surface area contributed by atoms with Crippen molar-refractivity contribution in [3.05, 3.63) is 49.4 Å². The molecule has 3 heterocycles. The van der Waals surface area contributed by atoms with Crippen LogP contribution in [0.3, 0.4) is 0 Å². The molecule has 0 saturated heterocycles. The van der Waals surface area contributed by atoms with Crippen LogP contribution in [0, 0.1) is 9.39 Å². The lowest BCUT2D eigenvalue weighted by Gasteiger charge is -2.33. The molecule has 1 aromatic carbocycles. The Labute approximate surface area is 147 Å². The van der Waals surface area contributed by atoms with Crippen molar-refractivity contribution in [3.63, 3.8) is 0 Å². The maximum absolute atomic E-state index is 14.8. The van der Waals surface area contributed by atoms with Crippen LogP contribution in [0.15, 0.2) is 33.9 Å². The molecular weight excluding hydrogens is 468 g/mol. The number of nitrogens with two attached hydrogens (primary N) is 1. The number of amidine groups is 1. The van der Waals surface area contributed by atoms with E-state index < -0.39 is 11.4 Å². The Morgan fingerprint density at radius 1 is 1.41 bits per heavy atom. The zero-order chi connectivity index (χ0) is 15.5. The highest BCUT2D eigenvalue weighted by atomic mass is 127. The Balaban J connectivity index is 2.09. The summed E-state index contributed by atoms with van der Waals surface area (Å²) in [6.45, 7) is 0.108. The Morgan fingerprint density at radius 3 is 2.95 bits per heavy atom. The van der Waals surface area contributed by atoms with Crippen LogP contribution in [0.5, 0.6) is 11.6 Å². The molecule has 0 aliphatic carbocycles. The van der Waals surface area contributed by atoms with Crippen LogP contribution in [0.4, 0.5) is 4.39 Å². The highest BCUT2D eigenvalue weighted by Crippen LogP contribution is 2.52. The first-order chi connectivity index (χ1) is 10.5. The Kier molecular flexibility index (Phi) is 3.09. The van der Waals surface area contributed by atoms with E-state index in [1.165, 1.54) is 0 Å². The molecule has 1 atom stereocenters. The summed E-state index contributed by atoms with van der Waals surface area (Å²) in [4.78, 5) is 8.68. The predicted octanol–water partition coefficient (Wildman–Crippen LogP) is 3.28. The van der Waals surface area contributed by atoms with Gasteiger partial charge in [-0.2, -0.15) is 0 Å². The van der Waals surface area contributed by atoms with Crippen molar-refractivity contribution in [2.75, 3.05) is 6.61 Å². The standard InChI is InChI=1S/C14H8BrFIN3O2/c15-8-1-2-9-10(11(8)16)14(5-21-13(18)20-14)7-3-6(17)4-19-12(7)22-9/h1-4H,5H2,(H2,18,20). The summed E-state index contributed by atoms with van der Waals surface area (Å²) in [5.74, 6) is 0.310. The number of hydrogen-bond donors (Lipinski definition) is 1. The lowest BCUT2D eigenvalue weighted by atomic mass is 9.82. The highest BCUT2D eigenvalue weighted by Gasteiger charge is 2.49. The minimum atomic E-state index is -1.07. The monoisotopic (exact) mass is 475 g/mol. The Bertz CT molecular complexity index is 845. The second kappa shape index (κ2) is 4.79. The zero-order valence-electron chi connectivity index (χ0n) is 10.9. The third-order valence-electron chi connectivity index (χ3n) is 3.67. The van der Waals surface area contributed by atoms with Gasteiger partial charge in [0.15, 0.2) is 5.54 Å². The molecule has 4 rings (SSSR count). The lowest BCUT2D eigenvalue weighted by Crippen LogP contribution is -2.33. The van der Waals surface area contributed by atoms with Gasteiger partial charge in [-0.3, -0.25) is 0 Å². The number of aliphatic imine (C=N–C) groups is 1. The van der Waals surface area contributed by atoms with E-state index in [4.69, 9.17) is 15.2 Å². The van der Waals surface area contributed by atoms with Crippen LogP contribution >= 0.6 is 38.5 Å². The molecule has 0 bridgehead atoms. The molecule has 2 aliphatic heterocycles. The van der Waals surface area contributed by atoms with E-state index in [1.54, 1.807) is 18.3 Å². The maximum atomic E-state index is 14.8. The largest absolute Gasteiger partial charge is 0.462 e. The van der Waals surface area contributed by atoms with Crippen LogP contribution < -0.4 is 10.5 Å². The third kappa shape index (κ3) is 1.86. The molecule has 2 aromatic rings. The van der Waals surface area contributed by atoms with Crippen LogP contribution in [0.2, 0.25) is 0 Å². The van der Waals surface area contributed by atoms with Crippen molar-refractivity contribution < 1.29 is 13.9 Å². The summed E-state index contributed by atoms with van der Waals surface area (Å²) in [5.41, 5.74) is 5.58. The molecule has 0 radical (unpaired) electrons. The highest BCUT2D eigenvalue weighted by molar-refractivity contribution is 14.1. The van der Waals surface area contributed by atoms with Crippen molar-refractivity contribution in [1.29, 1.82) is 0 Å². The molecule has 1 spiro atoms. The predicted molar refractivity (Wildman–Crippen MR) is 89.5 cm³/mol. The summed E-state index contributed by atoms with van der Waals surface area (Å²) >= 11 is 5.34. The zero-order valence-corrected chi connectivity index (χ0v) is 14.7. The second-order valence-electron chi connectivity index (χ2n) is 4.94. The van der Waals surface area contributed by atoms with Crippen LogP contribution in [-0.2, 0) is 10.3 Å². The van der Waals surface area contributed by atoms with Gasteiger partial charge in [0, 0.05) is 9.77 Å². The first-order valence-corrected chi connectivity index (χ1v) is 8.19. The number of fused-ring (bicyclic) bond motifs is 4. The fourth-order valence-electron chi connectivity index (χ4n) is 2.74. The number of nitrogens with zero attached hydrogens (tertiary/aromatic N) is 2. The van der Waals surface area contributed by atoms with Gasteiger partial charge < -0.3 is 15.2 Å². The minimum absolute atomic E-state index is 0.0250. The Morgan fingerprint density at radius 2 is 2.23 bits per heavy atom. The normalized spacial score (nSPS) is 21.7. The van der Waals surface area contributed by atoms with E-state index in [2.05, 4.69) is 48.5 Å². The summed E-state index contributed by atoms with van der Waals surface area (Å²) in [6.07, 6.45) is 1.68. The maximum Gasteiger partial charge on any atom is 0.283 e. The summed E-state index contributed by atoms with van der Waals surface area (Å²) in [7, 11) is 0. The summed E-state index contributed by atoms with van der Waals surface area (Å²) < 4.78 is 27.1. The number of aromatic nitrogens is 1. The van der Waals surface area contributed by atoms with Gasteiger partial charge in [0.2, 0.25) is 5.88 Å². The van der Waals surface area contributed by atoms with Gasteiger partial charge in [0.25, 0.3) is 6.02 Å². The fourth-order valence-corrected chi connectivity index (χ4v) is 3.52. The molecule has 2 N–H and O–H groups in total. The number of rotatable bonds is 0. The van der Waals surface area contributed by atoms with Gasteiger partial charge in [-0.1, -0.05) is 0 Å². The van der Waals surface area contributed by atoms with Gasteiger partial charge in [0.1, 0.15) is 18.2 Å². The van der Waals surface area contributed by atoms with Crippen molar-refractivity contribution in [2.45, 2.75) is 5.54 Å². The van der Waals surface area contributed by atoms with Crippen molar-refractivity contribution in [1.82, 2.24) is 4.98 Å². The molecular formula is C14H8BrFIN3O2. The molecule has 1 unspecified atom stereocenters. The van der Waals surface area contributed by atoms with Crippen molar-refractivity contribution in [2.24, 2.45) is 10.7 Å². The average molecular weight is 476 g/mol. The number of benzene rings is 1. The average Bonchev–Trinajstić information content (AvgIpc) is 2.87. The van der Waals surface area contributed by atoms with E-state index in [0.717, 1.165) is 3.57 Å². The number of hydrogen-bond acceptors (Lipinski definition) is 5. The topological polar surface area (TPSA) is 69.7 Å². The van der Waals surface area contributed by atoms with E-state index in [0.29, 0.717) is 27.2 Å². The van der Waals surface area contributed by atoms with E-state index in [-0.39, 0.29) is 12.6 Å². The van der Waals surface area contributed by atoms with Gasteiger partial charge in [-0.05, 0) is 56.7 Å². The summed E-state index contributed by atoms with van der Waals surface area (Å²) in [5, 5.41) is 0. The Hall–Kier alpha value is -1.42. The SMILES string of the molecule is NC1=NC2(CO1)c1cc(I)cnc1Oc1ccc(Br)c(F)c12. The first kappa shape index (κ1) is 14.2. The fraction of sp³-hybridized carbons (Fsp3) is 0.143. The molecule has 0 fully saturated rings. The van der Waals surface area contributed by atoms with E-state index in [9.17, 15) is 4.39 Å².